The Morgan fingerprint density at radius 3 is 2.76 bits per heavy atom. The summed E-state index contributed by atoms with van der Waals surface area (Å²) in [4.78, 5) is 6.46. The lowest BCUT2D eigenvalue weighted by atomic mass is 10.1. The molecule has 3 nitrogen and oxygen atoms in total. The first-order valence-corrected chi connectivity index (χ1v) is 5.71. The average Bonchev–Trinajstić information content (AvgIpc) is 2.30. The fraction of sp³-hybridized carbons (Fsp3) is 0.545. The minimum absolute atomic E-state index is 0. The van der Waals surface area contributed by atoms with Crippen molar-refractivity contribution in [2.45, 2.75) is 18.9 Å². The number of anilines is 1. The van der Waals surface area contributed by atoms with Crippen LogP contribution in [0.15, 0.2) is 18.3 Å². The number of piperidine rings is 1. The Balaban J connectivity index is 0.00000128. The summed E-state index contributed by atoms with van der Waals surface area (Å²) in [7, 11) is 2.02. The van der Waals surface area contributed by atoms with E-state index in [0.717, 1.165) is 13.1 Å². The van der Waals surface area contributed by atoms with Crippen LogP contribution < -0.4 is 10.2 Å². The maximum Gasteiger partial charge on any atom is 0.129 e. The Morgan fingerprint density at radius 1 is 1.41 bits per heavy atom. The zero-order valence-corrected chi connectivity index (χ0v) is 12.1. The van der Waals surface area contributed by atoms with E-state index in [1.165, 1.54) is 18.5 Å². The number of hydrogen-bond donors (Lipinski definition) is 1. The summed E-state index contributed by atoms with van der Waals surface area (Å²) in [5.74, 6) is 0. The van der Waals surface area contributed by atoms with Crippen molar-refractivity contribution in [2.75, 3.05) is 25.0 Å². The summed E-state index contributed by atoms with van der Waals surface area (Å²) in [6, 6.07) is 4.47. The summed E-state index contributed by atoms with van der Waals surface area (Å²) in [6.07, 6.45) is 4.34. The number of likely N-dealkylation sites (N-methyl/N-ethyl adjacent to an activating group) is 1. The molecule has 2 heterocycles. The molecule has 0 saturated carbocycles. The molecule has 0 aromatic carbocycles. The van der Waals surface area contributed by atoms with E-state index >= 15 is 0 Å². The van der Waals surface area contributed by atoms with Gasteiger partial charge in [0, 0.05) is 19.1 Å². The standard InChI is InChI=1S/C11H16ClN3.2ClH/c1-13-9-3-2-6-15(8-9)10-4-5-11(12)14-7-10;;/h4-5,7,9,13H,2-3,6,8H2,1H3;2*1H/t9-;;/m1../s1. The molecule has 2 rings (SSSR count). The van der Waals surface area contributed by atoms with Crippen molar-refractivity contribution >= 4 is 42.1 Å². The van der Waals surface area contributed by atoms with Gasteiger partial charge in [0.1, 0.15) is 5.15 Å². The van der Waals surface area contributed by atoms with Gasteiger partial charge in [0.15, 0.2) is 0 Å². The van der Waals surface area contributed by atoms with Crippen LogP contribution in [-0.4, -0.2) is 31.2 Å². The van der Waals surface area contributed by atoms with Gasteiger partial charge in [-0.05, 0) is 32.0 Å². The molecule has 1 saturated heterocycles. The Kier molecular flexibility index (Phi) is 7.88. The van der Waals surface area contributed by atoms with E-state index in [9.17, 15) is 0 Å². The average molecular weight is 299 g/mol. The lowest BCUT2D eigenvalue weighted by molar-refractivity contribution is 0.449. The topological polar surface area (TPSA) is 28.2 Å². The highest BCUT2D eigenvalue weighted by Crippen LogP contribution is 2.20. The van der Waals surface area contributed by atoms with Gasteiger partial charge in [0.2, 0.25) is 0 Å². The first-order valence-electron chi connectivity index (χ1n) is 5.33. The number of nitrogens with zero attached hydrogens (tertiary/aromatic N) is 2. The van der Waals surface area contributed by atoms with E-state index in [2.05, 4.69) is 15.2 Å². The van der Waals surface area contributed by atoms with Gasteiger partial charge in [0.05, 0.1) is 11.9 Å². The molecule has 1 atom stereocenters. The Morgan fingerprint density at radius 2 is 2.18 bits per heavy atom. The van der Waals surface area contributed by atoms with Crippen molar-refractivity contribution in [1.29, 1.82) is 0 Å². The third-order valence-corrected chi connectivity index (χ3v) is 3.13. The third-order valence-electron chi connectivity index (χ3n) is 2.91. The maximum absolute atomic E-state index is 5.76. The molecule has 6 heteroatoms. The van der Waals surface area contributed by atoms with Crippen molar-refractivity contribution in [3.05, 3.63) is 23.5 Å². The summed E-state index contributed by atoms with van der Waals surface area (Å²) >= 11 is 5.76. The largest absolute Gasteiger partial charge is 0.369 e. The number of hydrogen-bond acceptors (Lipinski definition) is 3. The van der Waals surface area contributed by atoms with Crippen LogP contribution in [0.3, 0.4) is 0 Å². The van der Waals surface area contributed by atoms with Crippen LogP contribution in [0, 0.1) is 0 Å². The second-order valence-electron chi connectivity index (χ2n) is 3.91. The lowest BCUT2D eigenvalue weighted by Gasteiger charge is -2.34. The number of halogens is 3. The molecule has 0 radical (unpaired) electrons. The van der Waals surface area contributed by atoms with Crippen molar-refractivity contribution in [3.8, 4) is 0 Å². The van der Waals surface area contributed by atoms with E-state index in [-0.39, 0.29) is 24.8 Å². The maximum atomic E-state index is 5.76. The Bertz CT molecular complexity index is 318. The smallest absolute Gasteiger partial charge is 0.129 e. The number of aromatic nitrogens is 1. The van der Waals surface area contributed by atoms with Crippen LogP contribution in [0.25, 0.3) is 0 Å². The fourth-order valence-electron chi connectivity index (χ4n) is 2.00. The molecule has 0 spiro atoms. The SMILES string of the molecule is CN[C@@H]1CCCN(c2ccc(Cl)nc2)C1.Cl.Cl. The van der Waals surface area contributed by atoms with Gasteiger partial charge in [0.25, 0.3) is 0 Å². The van der Waals surface area contributed by atoms with Crippen LogP contribution >= 0.6 is 36.4 Å². The van der Waals surface area contributed by atoms with Crippen LogP contribution in [0.2, 0.25) is 5.15 Å². The zero-order chi connectivity index (χ0) is 10.7. The summed E-state index contributed by atoms with van der Waals surface area (Å²) in [5.41, 5.74) is 1.17. The summed E-state index contributed by atoms with van der Waals surface area (Å²) in [5, 5.41) is 3.88. The zero-order valence-electron chi connectivity index (χ0n) is 9.73. The van der Waals surface area contributed by atoms with Crippen molar-refractivity contribution in [3.63, 3.8) is 0 Å². The number of rotatable bonds is 2. The summed E-state index contributed by atoms with van der Waals surface area (Å²) < 4.78 is 0. The third kappa shape index (κ3) is 4.51. The van der Waals surface area contributed by atoms with Crippen molar-refractivity contribution < 1.29 is 0 Å². The van der Waals surface area contributed by atoms with E-state index < -0.39 is 0 Å². The van der Waals surface area contributed by atoms with Crippen LogP contribution in [0.1, 0.15) is 12.8 Å². The van der Waals surface area contributed by atoms with Crippen LogP contribution in [-0.2, 0) is 0 Å². The fourth-order valence-corrected chi connectivity index (χ4v) is 2.11. The molecule has 1 aliphatic rings. The molecule has 0 unspecified atom stereocenters. The number of pyridine rings is 1. The highest BCUT2D eigenvalue weighted by atomic mass is 35.5. The minimum Gasteiger partial charge on any atom is -0.369 e. The first kappa shape index (κ1) is 16.8. The first-order chi connectivity index (χ1) is 7.29. The molecule has 1 aliphatic heterocycles. The van der Waals surface area contributed by atoms with Gasteiger partial charge in [-0.3, -0.25) is 0 Å². The van der Waals surface area contributed by atoms with E-state index in [0.29, 0.717) is 11.2 Å². The van der Waals surface area contributed by atoms with E-state index in [1.807, 2.05) is 25.4 Å². The molecule has 1 aromatic heterocycles. The molecule has 0 bridgehead atoms. The molecule has 1 fully saturated rings. The second-order valence-corrected chi connectivity index (χ2v) is 4.30. The highest BCUT2D eigenvalue weighted by molar-refractivity contribution is 6.29. The monoisotopic (exact) mass is 297 g/mol. The lowest BCUT2D eigenvalue weighted by Crippen LogP contribution is -2.44. The van der Waals surface area contributed by atoms with Crippen molar-refractivity contribution in [1.82, 2.24) is 10.3 Å². The molecule has 17 heavy (non-hydrogen) atoms. The Hall–Kier alpha value is -0.220. The van der Waals surface area contributed by atoms with E-state index in [1.54, 1.807) is 0 Å². The van der Waals surface area contributed by atoms with Crippen LogP contribution in [0.5, 0.6) is 0 Å². The normalized spacial score (nSPS) is 19.2. The Labute approximate surface area is 120 Å². The molecule has 0 aliphatic carbocycles. The minimum atomic E-state index is 0. The van der Waals surface area contributed by atoms with E-state index in [4.69, 9.17) is 11.6 Å². The molecular formula is C11H18Cl3N3. The predicted molar refractivity (Wildman–Crippen MR) is 78.0 cm³/mol. The molecule has 1 N–H and O–H groups in total. The quantitative estimate of drug-likeness (QED) is 0.851. The molecule has 98 valence electrons. The molecule has 1 aromatic rings. The van der Waals surface area contributed by atoms with Gasteiger partial charge in [-0.2, -0.15) is 0 Å². The van der Waals surface area contributed by atoms with Gasteiger partial charge in [-0.1, -0.05) is 11.6 Å². The predicted octanol–water partition coefficient (Wildman–Crippen LogP) is 2.77. The second kappa shape index (κ2) is 7.98. The van der Waals surface area contributed by atoms with Gasteiger partial charge >= 0.3 is 0 Å². The molecular weight excluding hydrogens is 281 g/mol. The summed E-state index contributed by atoms with van der Waals surface area (Å²) in [6.45, 7) is 2.17. The van der Waals surface area contributed by atoms with Gasteiger partial charge < -0.3 is 10.2 Å². The highest BCUT2D eigenvalue weighted by Gasteiger charge is 2.18. The van der Waals surface area contributed by atoms with Crippen LogP contribution in [0.4, 0.5) is 5.69 Å². The number of nitrogens with one attached hydrogen (secondary N) is 1. The van der Waals surface area contributed by atoms with Gasteiger partial charge in [-0.25, -0.2) is 4.98 Å². The molecule has 0 amide bonds. The van der Waals surface area contributed by atoms with Crippen molar-refractivity contribution in [2.24, 2.45) is 0 Å². The van der Waals surface area contributed by atoms with Gasteiger partial charge in [-0.15, -0.1) is 24.8 Å².